The van der Waals surface area contributed by atoms with Crippen LogP contribution in [0.4, 0.5) is 0 Å². The third-order valence-electron chi connectivity index (χ3n) is 0.707. The van der Waals surface area contributed by atoms with E-state index in [4.69, 9.17) is 4.79 Å². The molecule has 0 bridgehead atoms. The van der Waals surface area contributed by atoms with Crippen LogP contribution in [0.25, 0.3) is 0 Å². The lowest BCUT2D eigenvalue weighted by atomic mass is 10.3. The van der Waals surface area contributed by atoms with E-state index < -0.39 is 0 Å². The predicted molar refractivity (Wildman–Crippen MR) is 36.0 cm³/mol. The molecule has 0 spiro atoms. The van der Waals surface area contributed by atoms with Gasteiger partial charge in [-0.15, -0.1) is 0 Å². The van der Waals surface area contributed by atoms with Crippen LogP contribution in [0.2, 0.25) is 0 Å². The quantitative estimate of drug-likeness (QED) is 0.509. The zero-order valence-corrected chi connectivity index (χ0v) is 5.74. The summed E-state index contributed by atoms with van der Waals surface area (Å²) in [6, 6.07) is 0. The van der Waals surface area contributed by atoms with Crippen molar-refractivity contribution in [3.05, 3.63) is 0 Å². The number of nitrogens with one attached hydrogen (secondary N) is 1. The number of hydrogen-bond acceptors (Lipinski definition) is 2. The van der Waals surface area contributed by atoms with Crippen molar-refractivity contribution in [3.63, 3.8) is 0 Å². The van der Waals surface area contributed by atoms with Gasteiger partial charge in [0.1, 0.15) is 6.79 Å². The fourth-order valence-corrected chi connectivity index (χ4v) is 0.177. The Balaban J connectivity index is 0. The summed E-state index contributed by atoms with van der Waals surface area (Å²) in [5, 5.41) is 3.11. The van der Waals surface area contributed by atoms with Crippen LogP contribution in [-0.2, 0) is 4.79 Å². The van der Waals surface area contributed by atoms with Gasteiger partial charge in [-0.3, -0.25) is 0 Å². The van der Waals surface area contributed by atoms with Gasteiger partial charge in [-0.05, 0) is 19.5 Å². The number of rotatable bonds is 0. The molecule has 1 N–H and O–H groups in total. The minimum absolute atomic E-state index is 1.25. The highest BCUT2D eigenvalue weighted by Crippen LogP contribution is 1.80. The molecule has 1 rings (SSSR count). The summed E-state index contributed by atoms with van der Waals surface area (Å²) in [5.41, 5.74) is 0. The Bertz CT molecular complexity index is 23.7. The highest BCUT2D eigenvalue weighted by atomic mass is 16.1. The topological polar surface area (TPSA) is 29.1 Å². The molecule has 0 aromatic carbocycles. The summed E-state index contributed by atoms with van der Waals surface area (Å²) in [6.45, 7) is 8.50. The Morgan fingerprint density at radius 3 is 1.38 bits per heavy atom. The summed E-state index contributed by atoms with van der Waals surface area (Å²) in [4.78, 5) is 8.00. The Morgan fingerprint density at radius 2 is 1.38 bits per heavy atom. The molecule has 1 fully saturated rings. The van der Waals surface area contributed by atoms with E-state index in [-0.39, 0.29) is 0 Å². The van der Waals surface area contributed by atoms with Gasteiger partial charge in [0.25, 0.3) is 0 Å². The van der Waals surface area contributed by atoms with Crippen molar-refractivity contribution in [3.8, 4) is 0 Å². The zero-order chi connectivity index (χ0) is 6.83. The second-order valence-corrected chi connectivity index (χ2v) is 1.10. The Kier molecular flexibility index (Phi) is 21.1. The molecule has 2 nitrogen and oxygen atoms in total. The number of carbonyl (C=O) groups excluding carboxylic acids is 1. The SMILES string of the molecule is C1CNC1.C=O.CC. The maximum Gasteiger partial charge on any atom is 0.106 e. The van der Waals surface area contributed by atoms with E-state index in [1.165, 1.54) is 19.5 Å². The van der Waals surface area contributed by atoms with Crippen LogP contribution in [0.15, 0.2) is 0 Å². The Labute approximate surface area is 51.3 Å². The average molecular weight is 117 g/mol. The van der Waals surface area contributed by atoms with E-state index in [0.29, 0.717) is 0 Å². The van der Waals surface area contributed by atoms with Crippen LogP contribution in [0.5, 0.6) is 0 Å². The van der Waals surface area contributed by atoms with Crippen LogP contribution in [0.3, 0.4) is 0 Å². The summed E-state index contributed by atoms with van der Waals surface area (Å²) < 4.78 is 0. The van der Waals surface area contributed by atoms with Crippen molar-refractivity contribution in [2.75, 3.05) is 13.1 Å². The first-order chi connectivity index (χ1) is 4.00. The van der Waals surface area contributed by atoms with Crippen molar-refractivity contribution in [1.29, 1.82) is 0 Å². The minimum Gasteiger partial charge on any atom is -0.317 e. The molecule has 1 aliphatic rings. The Hall–Kier alpha value is -0.370. The van der Waals surface area contributed by atoms with E-state index >= 15 is 0 Å². The van der Waals surface area contributed by atoms with Gasteiger partial charge in [0.05, 0.1) is 0 Å². The van der Waals surface area contributed by atoms with Crippen molar-refractivity contribution in [2.45, 2.75) is 20.3 Å². The molecular formula is C6H15NO. The van der Waals surface area contributed by atoms with Gasteiger partial charge in [0.2, 0.25) is 0 Å². The normalized spacial score (nSPS) is 13.2. The lowest BCUT2D eigenvalue weighted by Crippen LogP contribution is -2.29. The molecule has 0 aromatic rings. The highest BCUT2D eigenvalue weighted by molar-refractivity contribution is 5.10. The van der Waals surface area contributed by atoms with E-state index in [2.05, 4.69) is 5.32 Å². The molecule has 0 saturated carbocycles. The van der Waals surface area contributed by atoms with Crippen LogP contribution in [0, 0.1) is 0 Å². The first-order valence-electron chi connectivity index (χ1n) is 3.00. The van der Waals surface area contributed by atoms with Crippen LogP contribution < -0.4 is 5.32 Å². The molecule has 0 radical (unpaired) electrons. The molecule has 0 unspecified atom stereocenters. The molecule has 1 saturated heterocycles. The zero-order valence-electron chi connectivity index (χ0n) is 5.74. The Morgan fingerprint density at radius 1 is 1.25 bits per heavy atom. The first-order valence-corrected chi connectivity index (χ1v) is 3.00. The fourth-order valence-electron chi connectivity index (χ4n) is 0.177. The minimum atomic E-state index is 1.25. The van der Waals surface area contributed by atoms with E-state index in [1.807, 2.05) is 20.6 Å². The smallest absolute Gasteiger partial charge is 0.106 e. The van der Waals surface area contributed by atoms with Crippen molar-refractivity contribution in [1.82, 2.24) is 5.32 Å². The molecule has 8 heavy (non-hydrogen) atoms. The molecule has 50 valence electrons. The second-order valence-electron chi connectivity index (χ2n) is 1.10. The molecular weight excluding hydrogens is 102 g/mol. The lowest BCUT2D eigenvalue weighted by molar-refractivity contribution is -0.0979. The van der Waals surface area contributed by atoms with Gasteiger partial charge in [-0.1, -0.05) is 13.8 Å². The van der Waals surface area contributed by atoms with Crippen molar-refractivity contribution < 1.29 is 4.79 Å². The first kappa shape index (κ1) is 10.6. The molecule has 2 heteroatoms. The highest BCUT2D eigenvalue weighted by Gasteiger charge is 1.92. The summed E-state index contributed by atoms with van der Waals surface area (Å²) in [7, 11) is 0. The maximum atomic E-state index is 8.00. The van der Waals surface area contributed by atoms with Gasteiger partial charge in [-0.2, -0.15) is 0 Å². The van der Waals surface area contributed by atoms with Gasteiger partial charge >= 0.3 is 0 Å². The van der Waals surface area contributed by atoms with Crippen LogP contribution in [-0.4, -0.2) is 19.9 Å². The number of hydrogen-bond donors (Lipinski definition) is 1. The summed E-state index contributed by atoms with van der Waals surface area (Å²) in [6.07, 6.45) is 1.39. The molecule has 0 atom stereocenters. The van der Waals surface area contributed by atoms with E-state index in [9.17, 15) is 0 Å². The lowest BCUT2D eigenvalue weighted by Gasteiger charge is -2.09. The molecule has 1 aliphatic heterocycles. The predicted octanol–water partition coefficient (Wildman–Crippen LogP) is 0.821. The third kappa shape index (κ3) is 9.16. The van der Waals surface area contributed by atoms with E-state index in [0.717, 1.165) is 0 Å². The summed E-state index contributed by atoms with van der Waals surface area (Å²) in [5.74, 6) is 0. The average Bonchev–Trinajstić information content (AvgIpc) is 1.72. The molecule has 0 aromatic heterocycles. The monoisotopic (exact) mass is 117 g/mol. The van der Waals surface area contributed by atoms with Gasteiger partial charge in [-0.25, -0.2) is 0 Å². The van der Waals surface area contributed by atoms with Crippen LogP contribution in [0.1, 0.15) is 20.3 Å². The fraction of sp³-hybridized carbons (Fsp3) is 0.833. The molecule has 0 amide bonds. The summed E-state index contributed by atoms with van der Waals surface area (Å²) >= 11 is 0. The standard InChI is InChI=1S/C3H7N.C2H6.CH2O/c1-2-4-3-1;2*1-2/h4H,1-3H2;1-2H3;1H2. The van der Waals surface area contributed by atoms with Crippen molar-refractivity contribution in [2.24, 2.45) is 0 Å². The molecule has 1 heterocycles. The van der Waals surface area contributed by atoms with Crippen molar-refractivity contribution >= 4 is 6.79 Å². The molecule has 0 aliphatic carbocycles. The van der Waals surface area contributed by atoms with Crippen LogP contribution >= 0.6 is 0 Å². The van der Waals surface area contributed by atoms with E-state index in [1.54, 1.807) is 0 Å². The van der Waals surface area contributed by atoms with Gasteiger partial charge in [0.15, 0.2) is 0 Å². The largest absolute Gasteiger partial charge is 0.317 e. The third-order valence-corrected chi connectivity index (χ3v) is 0.707. The number of carbonyl (C=O) groups is 1. The van der Waals surface area contributed by atoms with Gasteiger partial charge in [0, 0.05) is 0 Å². The maximum absolute atomic E-state index is 8.00. The second kappa shape index (κ2) is 15.9. The van der Waals surface area contributed by atoms with Gasteiger partial charge < -0.3 is 10.1 Å².